The van der Waals surface area contributed by atoms with E-state index in [1.54, 1.807) is 12.1 Å². The summed E-state index contributed by atoms with van der Waals surface area (Å²) in [6.45, 7) is -0.745. The zero-order chi connectivity index (χ0) is 22.8. The highest BCUT2D eigenvalue weighted by Crippen LogP contribution is 2.35. The number of rotatable bonds is 12. The second-order valence-electron chi connectivity index (χ2n) is 9.35. The van der Waals surface area contributed by atoms with Crippen LogP contribution in [0.5, 0.6) is 5.75 Å². The van der Waals surface area contributed by atoms with Crippen molar-refractivity contribution in [2.45, 2.75) is 89.3 Å². The maximum atomic E-state index is 14.0. The van der Waals surface area contributed by atoms with E-state index in [4.69, 9.17) is 0 Å². The van der Waals surface area contributed by atoms with Gasteiger partial charge < -0.3 is 4.74 Å². The topological polar surface area (TPSA) is 9.23 Å². The van der Waals surface area contributed by atoms with Gasteiger partial charge in [0.15, 0.2) is 11.6 Å². The number of hydrogen-bond acceptors (Lipinski definition) is 1. The van der Waals surface area contributed by atoms with Crippen LogP contribution in [0.2, 0.25) is 11.6 Å². The molecule has 0 radical (unpaired) electrons. The third-order valence-electron chi connectivity index (χ3n) is 6.96. The molecule has 1 fully saturated rings. The van der Waals surface area contributed by atoms with E-state index in [0.717, 1.165) is 23.4 Å². The molecule has 0 heterocycles. The van der Waals surface area contributed by atoms with Crippen molar-refractivity contribution in [3.05, 3.63) is 53.8 Å². The first-order chi connectivity index (χ1) is 15.5. The molecule has 1 saturated carbocycles. The fraction of sp³-hybridized carbons (Fsp3) is 0.556. The number of aryl methyl sites for hydroxylation is 1. The fourth-order valence-electron chi connectivity index (χ4n) is 4.95. The Kier molecular flexibility index (Phi) is 10.2. The molecule has 1 aliphatic rings. The van der Waals surface area contributed by atoms with Crippen molar-refractivity contribution in [2.24, 2.45) is 5.92 Å². The summed E-state index contributed by atoms with van der Waals surface area (Å²) in [7, 11) is 0.137. The standard InChI is InChI=1S/C27H37F3OSi/c1-2-3-4-5-18-32-24-15-10-21(11-16-24)7-6-20-8-12-22(13-9-20)23-14-17-26(25(28)19-23)31-27(29)30/h8-9,12-14,17,19,21,24,27H,2-7,10-11,15-16,18,32H2,1H3. The predicted octanol–water partition coefficient (Wildman–Crippen LogP) is 8.17. The first-order valence-electron chi connectivity index (χ1n) is 12.4. The summed E-state index contributed by atoms with van der Waals surface area (Å²) < 4.78 is 42.8. The highest BCUT2D eigenvalue weighted by atomic mass is 28.2. The largest absolute Gasteiger partial charge is 0.432 e. The summed E-state index contributed by atoms with van der Waals surface area (Å²) in [5.74, 6) is -0.336. The van der Waals surface area contributed by atoms with E-state index in [-0.39, 0.29) is 9.52 Å². The molecule has 0 saturated heterocycles. The highest BCUT2D eigenvalue weighted by Gasteiger charge is 2.21. The van der Waals surface area contributed by atoms with Gasteiger partial charge in [0.05, 0.1) is 0 Å². The molecule has 0 aliphatic heterocycles. The third-order valence-corrected chi connectivity index (χ3v) is 9.50. The molecule has 1 aliphatic carbocycles. The summed E-state index contributed by atoms with van der Waals surface area (Å²) in [5, 5.41) is 0. The average molecular weight is 463 g/mol. The minimum atomic E-state index is -3.03. The Bertz CT molecular complexity index is 801. The molecular weight excluding hydrogens is 425 g/mol. The maximum Gasteiger partial charge on any atom is 0.387 e. The van der Waals surface area contributed by atoms with Gasteiger partial charge in [0, 0.05) is 9.52 Å². The lowest BCUT2D eigenvalue weighted by Gasteiger charge is -2.28. The van der Waals surface area contributed by atoms with Crippen LogP contribution in [0.4, 0.5) is 13.2 Å². The predicted molar refractivity (Wildman–Crippen MR) is 130 cm³/mol. The summed E-state index contributed by atoms with van der Waals surface area (Å²) in [6.07, 6.45) is 13.7. The number of halogens is 3. The summed E-state index contributed by atoms with van der Waals surface area (Å²) in [4.78, 5) is 0. The zero-order valence-electron chi connectivity index (χ0n) is 19.3. The molecule has 0 amide bonds. The molecule has 3 rings (SSSR count). The van der Waals surface area contributed by atoms with E-state index in [9.17, 15) is 13.2 Å². The molecule has 176 valence electrons. The SMILES string of the molecule is CCCCCC[SiH2]C1CCC(CCc2ccc(-c3ccc(OC(F)F)c(F)c3)cc2)CC1. The minimum absolute atomic E-state index is 0.137. The molecular formula is C27H37F3OSi. The van der Waals surface area contributed by atoms with E-state index in [0.29, 0.717) is 5.56 Å². The Hall–Kier alpha value is -1.75. The number of unbranched alkanes of at least 4 members (excludes halogenated alkanes) is 3. The molecule has 2 aromatic carbocycles. The van der Waals surface area contributed by atoms with Crippen LogP contribution in [0.25, 0.3) is 11.1 Å². The Morgan fingerprint density at radius 3 is 2.31 bits per heavy atom. The van der Waals surface area contributed by atoms with Gasteiger partial charge in [-0.1, -0.05) is 100 Å². The van der Waals surface area contributed by atoms with Crippen molar-refractivity contribution in [2.75, 3.05) is 0 Å². The lowest BCUT2D eigenvalue weighted by molar-refractivity contribution is -0.0521. The van der Waals surface area contributed by atoms with Gasteiger partial charge >= 0.3 is 6.61 Å². The second kappa shape index (κ2) is 13.1. The van der Waals surface area contributed by atoms with Crippen LogP contribution in [-0.2, 0) is 6.42 Å². The van der Waals surface area contributed by atoms with E-state index >= 15 is 0 Å². The van der Waals surface area contributed by atoms with Gasteiger partial charge in [0.1, 0.15) is 0 Å². The molecule has 0 atom stereocenters. The monoisotopic (exact) mass is 462 g/mol. The van der Waals surface area contributed by atoms with E-state index in [1.807, 2.05) is 12.1 Å². The first kappa shape index (κ1) is 24.9. The Labute approximate surface area is 193 Å². The Balaban J connectivity index is 1.41. The van der Waals surface area contributed by atoms with Crippen molar-refractivity contribution in [3.63, 3.8) is 0 Å². The van der Waals surface area contributed by atoms with Crippen LogP contribution in [0.15, 0.2) is 42.5 Å². The minimum Gasteiger partial charge on any atom is -0.432 e. The lowest BCUT2D eigenvalue weighted by atomic mass is 9.85. The number of benzene rings is 2. The van der Waals surface area contributed by atoms with Crippen LogP contribution in [0, 0.1) is 11.7 Å². The average Bonchev–Trinajstić information content (AvgIpc) is 2.80. The van der Waals surface area contributed by atoms with Gasteiger partial charge in [-0.2, -0.15) is 8.78 Å². The van der Waals surface area contributed by atoms with Crippen molar-refractivity contribution >= 4 is 9.52 Å². The van der Waals surface area contributed by atoms with Crippen LogP contribution in [0.3, 0.4) is 0 Å². The smallest absolute Gasteiger partial charge is 0.387 e. The fourth-order valence-corrected chi connectivity index (χ4v) is 7.22. The maximum absolute atomic E-state index is 14.0. The third kappa shape index (κ3) is 7.98. The summed E-state index contributed by atoms with van der Waals surface area (Å²) in [5.41, 5.74) is 3.93. The van der Waals surface area contributed by atoms with Gasteiger partial charge in [-0.15, -0.1) is 0 Å². The van der Waals surface area contributed by atoms with Crippen molar-refractivity contribution in [1.82, 2.24) is 0 Å². The van der Waals surface area contributed by atoms with Crippen LogP contribution in [0.1, 0.15) is 70.3 Å². The number of ether oxygens (including phenoxy) is 1. The molecule has 5 heteroatoms. The van der Waals surface area contributed by atoms with Gasteiger partial charge in [0.2, 0.25) is 0 Å². The number of hydrogen-bond donors (Lipinski definition) is 0. The van der Waals surface area contributed by atoms with Gasteiger partial charge in [-0.25, -0.2) is 4.39 Å². The van der Waals surface area contributed by atoms with E-state index < -0.39 is 18.2 Å². The zero-order valence-corrected chi connectivity index (χ0v) is 20.7. The summed E-state index contributed by atoms with van der Waals surface area (Å²) >= 11 is 0. The molecule has 0 unspecified atom stereocenters. The van der Waals surface area contributed by atoms with Crippen molar-refractivity contribution in [3.8, 4) is 16.9 Å². The van der Waals surface area contributed by atoms with Gasteiger partial charge in [-0.3, -0.25) is 0 Å². The molecule has 0 N–H and O–H groups in total. The van der Waals surface area contributed by atoms with Crippen LogP contribution in [-0.4, -0.2) is 16.1 Å². The normalized spacial score (nSPS) is 19.2. The summed E-state index contributed by atoms with van der Waals surface area (Å²) in [6, 6.07) is 13.8. The Morgan fingerprint density at radius 2 is 1.66 bits per heavy atom. The van der Waals surface area contributed by atoms with Crippen LogP contribution >= 0.6 is 0 Å². The second-order valence-corrected chi connectivity index (χ2v) is 11.8. The molecule has 32 heavy (non-hydrogen) atoms. The highest BCUT2D eigenvalue weighted by molar-refractivity contribution is 6.37. The van der Waals surface area contributed by atoms with Gasteiger partial charge in [0.25, 0.3) is 0 Å². The quantitative estimate of drug-likeness (QED) is 0.228. The molecule has 1 nitrogen and oxygen atoms in total. The first-order valence-corrected chi connectivity index (χ1v) is 14.2. The van der Waals surface area contributed by atoms with E-state index in [1.165, 1.54) is 75.5 Å². The van der Waals surface area contributed by atoms with Gasteiger partial charge in [-0.05, 0) is 47.6 Å². The van der Waals surface area contributed by atoms with Crippen LogP contribution < -0.4 is 4.74 Å². The Morgan fingerprint density at radius 1 is 0.938 bits per heavy atom. The van der Waals surface area contributed by atoms with Crippen molar-refractivity contribution in [1.29, 1.82) is 0 Å². The molecule has 2 aromatic rings. The van der Waals surface area contributed by atoms with Crippen molar-refractivity contribution < 1.29 is 17.9 Å². The van der Waals surface area contributed by atoms with E-state index in [2.05, 4.69) is 23.8 Å². The molecule has 0 aromatic heterocycles. The lowest BCUT2D eigenvalue weighted by Crippen LogP contribution is -2.15. The molecule has 0 spiro atoms. The number of alkyl halides is 2. The molecule has 0 bridgehead atoms.